The molecule has 2 heterocycles. The van der Waals surface area contributed by atoms with E-state index in [1.54, 1.807) is 0 Å². The van der Waals surface area contributed by atoms with Crippen LogP contribution < -0.4 is 4.89 Å². The number of carbonyl (C=O) groups excluding carboxylic acids is 1. The van der Waals surface area contributed by atoms with Gasteiger partial charge in [-0.2, -0.15) is 4.89 Å². The summed E-state index contributed by atoms with van der Waals surface area (Å²) in [6.07, 6.45) is 8.27. The molecule has 0 atom stereocenters. The molecule has 1 saturated heterocycles. The summed E-state index contributed by atoms with van der Waals surface area (Å²) in [4.78, 5) is 27.5. The number of para-hydroxylation sites is 1. The number of hydrogen-bond donors (Lipinski definition) is 0. The van der Waals surface area contributed by atoms with Gasteiger partial charge in [0, 0.05) is 32.6 Å². The molecular formula is C22H34N2O3. The smallest absolute Gasteiger partial charge is 0.222 e. The number of amides is 1. The maximum absolute atomic E-state index is 12.0. The van der Waals surface area contributed by atoms with Crippen molar-refractivity contribution in [1.29, 1.82) is 0 Å². The van der Waals surface area contributed by atoms with E-state index in [1.165, 1.54) is 17.5 Å². The fourth-order valence-corrected chi connectivity index (χ4v) is 3.96. The SMILES string of the molecule is CCCC(=O)N1CCN(CCCCc2cccc3c2OOCCCC3)CC1. The van der Waals surface area contributed by atoms with Crippen molar-refractivity contribution >= 4 is 5.91 Å². The summed E-state index contributed by atoms with van der Waals surface area (Å²) in [5.74, 6) is 1.28. The summed E-state index contributed by atoms with van der Waals surface area (Å²) in [5, 5.41) is 0. The van der Waals surface area contributed by atoms with Gasteiger partial charge >= 0.3 is 0 Å². The quantitative estimate of drug-likeness (QED) is 0.540. The lowest BCUT2D eigenvalue weighted by Crippen LogP contribution is -2.48. The van der Waals surface area contributed by atoms with E-state index in [1.807, 2.05) is 4.90 Å². The standard InChI is InChI=1S/C22H34N2O3/c1-2-8-21(25)24-16-14-23(15-17-24)13-5-3-9-19-11-7-12-20-10-4-6-18-26-27-22(19)20/h7,11-12H,2-6,8-10,13-18H2,1H3. The molecule has 1 aromatic rings. The van der Waals surface area contributed by atoms with Crippen LogP contribution in [0.15, 0.2) is 18.2 Å². The van der Waals surface area contributed by atoms with Crippen molar-refractivity contribution in [2.75, 3.05) is 39.3 Å². The molecule has 1 fully saturated rings. The number of rotatable bonds is 7. The van der Waals surface area contributed by atoms with Crippen LogP contribution in [0.4, 0.5) is 0 Å². The first kappa shape index (κ1) is 20.2. The van der Waals surface area contributed by atoms with E-state index in [0.29, 0.717) is 18.9 Å². The van der Waals surface area contributed by atoms with E-state index < -0.39 is 0 Å². The fourth-order valence-electron chi connectivity index (χ4n) is 3.96. The molecule has 0 N–H and O–H groups in total. The predicted octanol–water partition coefficient (Wildman–Crippen LogP) is 3.60. The van der Waals surface area contributed by atoms with Crippen molar-refractivity contribution in [2.45, 2.75) is 58.3 Å². The molecule has 27 heavy (non-hydrogen) atoms. The monoisotopic (exact) mass is 374 g/mol. The Bertz CT molecular complexity index is 597. The third-order valence-electron chi connectivity index (χ3n) is 5.60. The summed E-state index contributed by atoms with van der Waals surface area (Å²) in [5.41, 5.74) is 2.55. The molecule has 150 valence electrons. The summed E-state index contributed by atoms with van der Waals surface area (Å²) in [6, 6.07) is 6.47. The van der Waals surface area contributed by atoms with Gasteiger partial charge in [0.15, 0.2) is 5.75 Å². The van der Waals surface area contributed by atoms with E-state index >= 15 is 0 Å². The van der Waals surface area contributed by atoms with Crippen molar-refractivity contribution in [3.63, 3.8) is 0 Å². The molecule has 0 spiro atoms. The normalized spacial score (nSPS) is 18.3. The molecule has 0 aliphatic carbocycles. The van der Waals surface area contributed by atoms with Crippen LogP contribution >= 0.6 is 0 Å². The Labute approximate surface area is 163 Å². The first-order valence-electron chi connectivity index (χ1n) is 10.7. The summed E-state index contributed by atoms with van der Waals surface area (Å²) >= 11 is 0. The van der Waals surface area contributed by atoms with Crippen LogP contribution in [-0.4, -0.2) is 55.0 Å². The molecule has 5 heteroatoms. The van der Waals surface area contributed by atoms with Crippen molar-refractivity contribution < 1.29 is 14.6 Å². The number of nitrogens with zero attached hydrogens (tertiary/aromatic N) is 2. The first-order chi connectivity index (χ1) is 13.3. The highest BCUT2D eigenvalue weighted by atomic mass is 17.2. The summed E-state index contributed by atoms with van der Waals surface area (Å²) in [6.45, 7) is 7.65. The number of fused-ring (bicyclic) bond motifs is 1. The third kappa shape index (κ3) is 5.94. The van der Waals surface area contributed by atoms with E-state index in [4.69, 9.17) is 9.78 Å². The van der Waals surface area contributed by atoms with Gasteiger partial charge in [0.1, 0.15) is 0 Å². The third-order valence-corrected chi connectivity index (χ3v) is 5.60. The van der Waals surface area contributed by atoms with Gasteiger partial charge in [-0.05, 0) is 62.6 Å². The Kier molecular flexibility index (Phi) is 7.96. The average Bonchev–Trinajstić information content (AvgIpc) is 2.66. The van der Waals surface area contributed by atoms with Gasteiger partial charge in [-0.15, -0.1) is 0 Å². The second-order valence-corrected chi connectivity index (χ2v) is 7.70. The van der Waals surface area contributed by atoms with Crippen LogP contribution in [0.25, 0.3) is 0 Å². The van der Waals surface area contributed by atoms with E-state index in [9.17, 15) is 4.79 Å². The second kappa shape index (κ2) is 10.7. The Morgan fingerprint density at radius 3 is 2.78 bits per heavy atom. The van der Waals surface area contributed by atoms with Gasteiger partial charge in [0.2, 0.25) is 5.91 Å². The van der Waals surface area contributed by atoms with Gasteiger partial charge in [-0.25, -0.2) is 0 Å². The Hall–Kier alpha value is -1.59. The van der Waals surface area contributed by atoms with Crippen molar-refractivity contribution in [2.24, 2.45) is 0 Å². The van der Waals surface area contributed by atoms with Crippen molar-refractivity contribution in [3.05, 3.63) is 29.3 Å². The van der Waals surface area contributed by atoms with Crippen molar-refractivity contribution in [3.8, 4) is 5.75 Å². The molecule has 0 bridgehead atoms. The van der Waals surface area contributed by atoms with Crippen LogP contribution in [0.3, 0.4) is 0 Å². The molecule has 0 aromatic heterocycles. The zero-order valence-electron chi connectivity index (χ0n) is 16.8. The molecular weight excluding hydrogens is 340 g/mol. The van der Waals surface area contributed by atoms with E-state index in [-0.39, 0.29) is 0 Å². The minimum Gasteiger partial charge on any atom is -0.340 e. The lowest BCUT2D eigenvalue weighted by molar-refractivity contribution is -0.210. The van der Waals surface area contributed by atoms with Crippen LogP contribution in [0.5, 0.6) is 5.75 Å². The number of benzene rings is 1. The average molecular weight is 375 g/mol. The highest BCUT2D eigenvalue weighted by Crippen LogP contribution is 2.28. The van der Waals surface area contributed by atoms with Gasteiger partial charge in [0.05, 0.1) is 6.61 Å². The Morgan fingerprint density at radius 2 is 1.96 bits per heavy atom. The first-order valence-corrected chi connectivity index (χ1v) is 10.7. The topological polar surface area (TPSA) is 42.0 Å². The molecule has 0 radical (unpaired) electrons. The predicted molar refractivity (Wildman–Crippen MR) is 107 cm³/mol. The molecule has 3 rings (SSSR count). The van der Waals surface area contributed by atoms with E-state index in [0.717, 1.165) is 77.0 Å². The van der Waals surface area contributed by atoms with Crippen LogP contribution in [0.2, 0.25) is 0 Å². The number of unbranched alkanes of at least 4 members (excludes halogenated alkanes) is 1. The molecule has 2 aliphatic heterocycles. The number of piperazine rings is 1. The molecule has 2 aliphatic rings. The zero-order chi connectivity index (χ0) is 18.9. The lowest BCUT2D eigenvalue weighted by Gasteiger charge is -2.34. The minimum absolute atomic E-state index is 0.319. The van der Waals surface area contributed by atoms with Gasteiger partial charge in [-0.1, -0.05) is 25.1 Å². The van der Waals surface area contributed by atoms with Gasteiger partial charge in [-0.3, -0.25) is 9.69 Å². The van der Waals surface area contributed by atoms with Gasteiger partial charge in [0.25, 0.3) is 0 Å². The number of aryl methyl sites for hydroxylation is 2. The molecule has 5 nitrogen and oxygen atoms in total. The van der Waals surface area contributed by atoms with Crippen LogP contribution in [-0.2, 0) is 22.5 Å². The van der Waals surface area contributed by atoms with Gasteiger partial charge < -0.3 is 9.79 Å². The molecule has 0 saturated carbocycles. The summed E-state index contributed by atoms with van der Waals surface area (Å²) < 4.78 is 0. The van der Waals surface area contributed by atoms with Crippen LogP contribution in [0, 0.1) is 0 Å². The van der Waals surface area contributed by atoms with E-state index in [2.05, 4.69) is 30.0 Å². The maximum Gasteiger partial charge on any atom is 0.222 e. The minimum atomic E-state index is 0.319. The number of carbonyl (C=O) groups is 1. The Balaban J connectivity index is 1.40. The lowest BCUT2D eigenvalue weighted by atomic mass is 10.00. The molecule has 1 aromatic carbocycles. The highest BCUT2D eigenvalue weighted by molar-refractivity contribution is 5.76. The summed E-state index contributed by atoms with van der Waals surface area (Å²) in [7, 11) is 0. The Morgan fingerprint density at radius 1 is 1.11 bits per heavy atom. The zero-order valence-corrected chi connectivity index (χ0v) is 16.8. The van der Waals surface area contributed by atoms with Crippen molar-refractivity contribution in [1.82, 2.24) is 9.80 Å². The molecule has 0 unspecified atom stereocenters. The molecule has 1 amide bonds. The fraction of sp³-hybridized carbons (Fsp3) is 0.682. The largest absolute Gasteiger partial charge is 0.340 e. The second-order valence-electron chi connectivity index (χ2n) is 7.70. The highest BCUT2D eigenvalue weighted by Gasteiger charge is 2.20. The number of hydrogen-bond acceptors (Lipinski definition) is 4. The van der Waals surface area contributed by atoms with Crippen LogP contribution in [0.1, 0.15) is 56.6 Å². The maximum atomic E-state index is 12.0.